The number of aliphatic carboxylic acids is 1. The molecule has 1 N–H and O–H groups in total. The Morgan fingerprint density at radius 3 is 2.73 bits per heavy atom. The van der Waals surface area contributed by atoms with E-state index in [1.54, 1.807) is 18.2 Å². The van der Waals surface area contributed by atoms with E-state index in [0.717, 1.165) is 5.56 Å². The first kappa shape index (κ1) is 19.6. The van der Waals surface area contributed by atoms with Crippen LogP contribution >= 0.6 is 11.6 Å². The van der Waals surface area contributed by atoms with E-state index >= 15 is 0 Å². The molecule has 140 valence electrons. The van der Waals surface area contributed by atoms with E-state index in [-0.39, 0.29) is 19.6 Å². The van der Waals surface area contributed by atoms with Crippen molar-refractivity contribution in [1.29, 1.82) is 0 Å². The number of carbonyl (C=O) groups excluding carboxylic acids is 2. The number of Topliss-reactive ketones (excluding diaryl/α,β-unsaturated/α-hetero) is 1. The zero-order chi connectivity index (χ0) is 19.3. The molecule has 0 aliphatic carbocycles. The first-order chi connectivity index (χ1) is 12.3. The van der Waals surface area contributed by atoms with Gasteiger partial charge < -0.3 is 14.8 Å². The fourth-order valence-electron chi connectivity index (χ4n) is 2.73. The quantitative estimate of drug-likeness (QED) is 0.313. The molecule has 1 amide bonds. The number of rotatable bonds is 8. The lowest BCUT2D eigenvalue weighted by molar-refractivity contribution is -0.757. The largest absolute Gasteiger partial charge is 0.480 e. The van der Waals surface area contributed by atoms with Gasteiger partial charge in [0.25, 0.3) is 5.09 Å². The van der Waals surface area contributed by atoms with Crippen LogP contribution in [0.1, 0.15) is 24.8 Å². The van der Waals surface area contributed by atoms with Crippen LogP contribution in [0.3, 0.4) is 0 Å². The first-order valence-electron chi connectivity index (χ1n) is 7.94. The summed E-state index contributed by atoms with van der Waals surface area (Å²) >= 11 is 6.23. The molecule has 0 bridgehead atoms. The Morgan fingerprint density at radius 2 is 2.12 bits per heavy atom. The summed E-state index contributed by atoms with van der Waals surface area (Å²) in [6.07, 6.45) is 1.67. The van der Waals surface area contributed by atoms with Gasteiger partial charge in [0.15, 0.2) is 11.7 Å². The van der Waals surface area contributed by atoms with E-state index in [1.807, 2.05) is 0 Å². The number of carboxylic acids is 1. The average molecular weight is 385 g/mol. The van der Waals surface area contributed by atoms with E-state index in [2.05, 4.69) is 4.84 Å². The van der Waals surface area contributed by atoms with Crippen molar-refractivity contribution in [2.75, 3.05) is 18.1 Å². The molecule has 26 heavy (non-hydrogen) atoms. The lowest BCUT2D eigenvalue weighted by Gasteiger charge is -2.30. The molecule has 0 saturated carbocycles. The number of hydrogen-bond acceptors (Lipinski definition) is 6. The minimum atomic E-state index is -1.68. The predicted molar refractivity (Wildman–Crippen MR) is 90.4 cm³/mol. The molecule has 1 unspecified atom stereocenters. The number of benzene rings is 1. The van der Waals surface area contributed by atoms with Gasteiger partial charge >= 0.3 is 5.97 Å². The maximum atomic E-state index is 12.3. The number of piperidine rings is 1. The molecular weight excluding hydrogens is 368 g/mol. The molecule has 10 heteroatoms. The molecule has 1 fully saturated rings. The Labute approximate surface area is 153 Å². The second-order valence-corrected chi connectivity index (χ2v) is 6.17. The number of carboxylic acid groups (broad SMARTS) is 1. The Morgan fingerprint density at radius 1 is 1.38 bits per heavy atom. The summed E-state index contributed by atoms with van der Waals surface area (Å²) in [5, 5.41) is 18.7. The summed E-state index contributed by atoms with van der Waals surface area (Å²) < 4.78 is 0. The van der Waals surface area contributed by atoms with Crippen molar-refractivity contribution in [3.05, 3.63) is 38.9 Å². The minimum absolute atomic E-state index is 0.00951. The number of amides is 1. The second-order valence-electron chi connectivity index (χ2n) is 5.77. The number of ketones is 1. The third-order valence-electron chi connectivity index (χ3n) is 4.05. The molecule has 0 spiro atoms. The molecule has 1 aromatic rings. The number of aryl methyl sites for hydroxylation is 1. The lowest BCUT2D eigenvalue weighted by Crippen LogP contribution is -2.49. The van der Waals surface area contributed by atoms with Crippen molar-refractivity contribution in [2.24, 2.45) is 5.92 Å². The van der Waals surface area contributed by atoms with Crippen LogP contribution in [-0.4, -0.2) is 41.0 Å². The number of nitrogens with zero attached hydrogens (tertiary/aromatic N) is 2. The molecular formula is C16H17ClN2O7. The van der Waals surface area contributed by atoms with Crippen molar-refractivity contribution in [1.82, 2.24) is 0 Å². The molecule has 1 aliphatic heterocycles. The summed E-state index contributed by atoms with van der Waals surface area (Å²) in [6, 6.07) is 4.91. The van der Waals surface area contributed by atoms with Crippen LogP contribution in [0.25, 0.3) is 0 Å². The van der Waals surface area contributed by atoms with Crippen molar-refractivity contribution >= 4 is 34.9 Å². The van der Waals surface area contributed by atoms with Crippen LogP contribution < -0.4 is 4.90 Å². The third kappa shape index (κ3) is 4.69. The zero-order valence-electron chi connectivity index (χ0n) is 13.7. The van der Waals surface area contributed by atoms with Gasteiger partial charge in [-0.1, -0.05) is 17.7 Å². The summed E-state index contributed by atoms with van der Waals surface area (Å²) in [7, 11) is 0. The van der Waals surface area contributed by atoms with E-state index < -0.39 is 28.7 Å². The van der Waals surface area contributed by atoms with Crippen molar-refractivity contribution in [3.8, 4) is 0 Å². The highest BCUT2D eigenvalue weighted by molar-refractivity contribution is 6.32. The van der Waals surface area contributed by atoms with E-state index in [1.165, 1.54) is 4.90 Å². The monoisotopic (exact) mass is 384 g/mol. The first-order valence-corrected chi connectivity index (χ1v) is 8.31. The van der Waals surface area contributed by atoms with Crippen LogP contribution in [0.4, 0.5) is 5.69 Å². The van der Waals surface area contributed by atoms with E-state index in [9.17, 15) is 24.5 Å². The van der Waals surface area contributed by atoms with Crippen LogP contribution in [0.2, 0.25) is 5.02 Å². The van der Waals surface area contributed by atoms with Crippen molar-refractivity contribution in [2.45, 2.75) is 25.7 Å². The predicted octanol–water partition coefficient (Wildman–Crippen LogP) is 1.88. The van der Waals surface area contributed by atoms with E-state index in [4.69, 9.17) is 16.7 Å². The number of hydrogen-bond donors (Lipinski definition) is 1. The van der Waals surface area contributed by atoms with Gasteiger partial charge in [0.1, 0.15) is 0 Å². The normalized spacial score (nSPS) is 17.3. The Hall–Kier alpha value is -2.68. The van der Waals surface area contributed by atoms with Gasteiger partial charge in [-0.15, -0.1) is 10.1 Å². The lowest BCUT2D eigenvalue weighted by atomic mass is 9.95. The van der Waals surface area contributed by atoms with Gasteiger partial charge in [-0.3, -0.25) is 14.4 Å². The molecule has 0 aromatic heterocycles. The van der Waals surface area contributed by atoms with Gasteiger partial charge in [0.05, 0.1) is 6.61 Å². The van der Waals surface area contributed by atoms with Crippen LogP contribution in [0.15, 0.2) is 18.2 Å². The van der Waals surface area contributed by atoms with Gasteiger partial charge in [0.2, 0.25) is 5.91 Å². The molecule has 1 aromatic carbocycles. The molecule has 1 aliphatic rings. The second kappa shape index (κ2) is 8.61. The van der Waals surface area contributed by atoms with Gasteiger partial charge in [-0.05, 0) is 37.0 Å². The van der Waals surface area contributed by atoms with Crippen LogP contribution in [-0.2, 0) is 25.6 Å². The Kier molecular flexibility index (Phi) is 6.51. The highest BCUT2D eigenvalue weighted by Gasteiger charge is 2.41. The highest BCUT2D eigenvalue weighted by Crippen LogP contribution is 2.28. The van der Waals surface area contributed by atoms with Crippen LogP contribution in [0, 0.1) is 16.0 Å². The summed E-state index contributed by atoms with van der Waals surface area (Å²) in [5.41, 5.74) is 1.23. The van der Waals surface area contributed by atoms with Crippen molar-refractivity contribution < 1.29 is 29.4 Å². The summed E-state index contributed by atoms with van der Waals surface area (Å²) in [5.74, 6) is -4.50. The fourth-order valence-corrected chi connectivity index (χ4v) is 3.00. The Bertz CT molecular complexity index is 737. The molecule has 2 rings (SSSR count). The van der Waals surface area contributed by atoms with Gasteiger partial charge in [-0.2, -0.15) is 0 Å². The smallest absolute Gasteiger partial charge is 0.323 e. The number of carbonyl (C=O) groups is 3. The number of anilines is 1. The molecule has 0 radical (unpaired) electrons. The summed E-state index contributed by atoms with van der Waals surface area (Å²) in [4.78, 5) is 50.6. The standard InChI is InChI=1S/C16H17ClN2O7/c17-12-9-11(5-4-10(12)3-1-2-8-26-19(24)25)18-7-6-13(20)14(15(18)21)16(22)23/h4-5,9,14H,1-3,6-8H2,(H,22,23). The summed E-state index contributed by atoms with van der Waals surface area (Å²) in [6.45, 7) is 0.116. The Balaban J connectivity index is 2.02. The average Bonchev–Trinajstić information content (AvgIpc) is 2.55. The third-order valence-corrected chi connectivity index (χ3v) is 4.40. The minimum Gasteiger partial charge on any atom is -0.480 e. The number of unbranched alkanes of at least 4 members (excludes halogenated alkanes) is 1. The SMILES string of the molecule is O=C(O)C1C(=O)CCN(c2ccc(CCCCO[N+](=O)[O-])c(Cl)c2)C1=O. The topological polar surface area (TPSA) is 127 Å². The maximum Gasteiger partial charge on any atom is 0.323 e. The molecule has 1 heterocycles. The van der Waals surface area contributed by atoms with E-state index in [0.29, 0.717) is 30.0 Å². The molecule has 1 saturated heterocycles. The molecule has 1 atom stereocenters. The maximum absolute atomic E-state index is 12.3. The molecule has 9 nitrogen and oxygen atoms in total. The van der Waals surface area contributed by atoms with Gasteiger partial charge in [-0.25, -0.2) is 0 Å². The number of halogens is 1. The van der Waals surface area contributed by atoms with Crippen LogP contribution in [0.5, 0.6) is 0 Å². The highest BCUT2D eigenvalue weighted by atomic mass is 35.5. The fraction of sp³-hybridized carbons (Fsp3) is 0.438. The van der Waals surface area contributed by atoms with Gasteiger partial charge in [0, 0.05) is 23.7 Å². The van der Waals surface area contributed by atoms with Crippen molar-refractivity contribution in [3.63, 3.8) is 0 Å². The zero-order valence-corrected chi connectivity index (χ0v) is 14.5.